The van der Waals surface area contributed by atoms with Crippen LogP contribution in [0.4, 0.5) is 0 Å². The number of furan rings is 1. The van der Waals surface area contributed by atoms with E-state index >= 15 is 0 Å². The Morgan fingerprint density at radius 1 is 1.21 bits per heavy atom. The first-order valence-corrected chi connectivity index (χ1v) is 7.54. The van der Waals surface area contributed by atoms with Gasteiger partial charge < -0.3 is 13.6 Å². The Kier molecular flexibility index (Phi) is 4.33. The molecule has 3 rings (SSSR count). The smallest absolute Gasteiger partial charge is 0.336 e. The number of fused-ring (bicyclic) bond motifs is 1. The highest BCUT2D eigenvalue weighted by molar-refractivity contribution is 5.89. The lowest BCUT2D eigenvalue weighted by Gasteiger charge is -2.09. The number of carbonyl (C=O) groups is 1. The highest BCUT2D eigenvalue weighted by Crippen LogP contribution is 2.27. The predicted molar refractivity (Wildman–Crippen MR) is 90.0 cm³/mol. The van der Waals surface area contributed by atoms with Crippen molar-refractivity contribution in [1.29, 1.82) is 0 Å². The summed E-state index contributed by atoms with van der Waals surface area (Å²) in [5.74, 6) is 0.494. The fourth-order valence-electron chi connectivity index (χ4n) is 2.40. The van der Waals surface area contributed by atoms with Crippen molar-refractivity contribution in [2.75, 3.05) is 0 Å². The molecular formula is C19H16O5. The molecule has 0 aliphatic heterocycles. The number of benzene rings is 1. The largest absolute Gasteiger partial charge is 0.465 e. The monoisotopic (exact) mass is 324 g/mol. The van der Waals surface area contributed by atoms with Crippen LogP contribution in [0.2, 0.25) is 0 Å². The van der Waals surface area contributed by atoms with Gasteiger partial charge in [0, 0.05) is 23.6 Å². The molecule has 5 heteroatoms. The van der Waals surface area contributed by atoms with Crippen molar-refractivity contribution < 1.29 is 18.4 Å². The standard InChI is InChI=1S/C19H16O5/c1-12(2)16-11-19(21)24-17-10-14(5-7-15(16)17)23-18(20)8-6-13-4-3-9-22-13/h3-12H,1-2H3/b8-6+. The number of ether oxygens (including phenoxy) is 1. The van der Waals surface area contributed by atoms with Gasteiger partial charge in [-0.1, -0.05) is 13.8 Å². The molecule has 0 aliphatic carbocycles. The Morgan fingerprint density at radius 2 is 2.04 bits per heavy atom. The van der Waals surface area contributed by atoms with E-state index in [4.69, 9.17) is 13.6 Å². The van der Waals surface area contributed by atoms with Gasteiger partial charge in [-0.2, -0.15) is 0 Å². The van der Waals surface area contributed by atoms with E-state index in [0.29, 0.717) is 17.1 Å². The van der Waals surface area contributed by atoms with Gasteiger partial charge in [0.2, 0.25) is 0 Å². The zero-order valence-corrected chi connectivity index (χ0v) is 13.3. The summed E-state index contributed by atoms with van der Waals surface area (Å²) < 4.78 is 15.5. The lowest BCUT2D eigenvalue weighted by Crippen LogP contribution is -2.05. The molecule has 2 aromatic heterocycles. The van der Waals surface area contributed by atoms with Crippen molar-refractivity contribution in [3.05, 3.63) is 70.5 Å². The van der Waals surface area contributed by atoms with Crippen molar-refractivity contribution >= 4 is 23.0 Å². The fraction of sp³-hybridized carbons (Fsp3) is 0.158. The summed E-state index contributed by atoms with van der Waals surface area (Å²) in [6.07, 6.45) is 4.30. The molecule has 0 fully saturated rings. The van der Waals surface area contributed by atoms with Gasteiger partial charge >= 0.3 is 11.6 Å². The molecule has 0 atom stereocenters. The molecule has 0 amide bonds. The molecule has 0 saturated heterocycles. The number of esters is 1. The Hall–Kier alpha value is -3.08. The van der Waals surface area contributed by atoms with Gasteiger partial charge in [-0.05, 0) is 41.8 Å². The third-order valence-corrected chi connectivity index (χ3v) is 3.52. The first-order valence-electron chi connectivity index (χ1n) is 7.54. The fourth-order valence-corrected chi connectivity index (χ4v) is 2.40. The summed E-state index contributed by atoms with van der Waals surface area (Å²) in [6.45, 7) is 4.00. The van der Waals surface area contributed by atoms with Gasteiger partial charge in [-0.25, -0.2) is 9.59 Å². The van der Waals surface area contributed by atoms with Crippen molar-refractivity contribution in [1.82, 2.24) is 0 Å². The van der Waals surface area contributed by atoms with Crippen LogP contribution in [-0.4, -0.2) is 5.97 Å². The average Bonchev–Trinajstić information content (AvgIpc) is 3.05. The molecule has 0 unspecified atom stereocenters. The van der Waals surface area contributed by atoms with E-state index in [2.05, 4.69) is 0 Å². The number of hydrogen-bond donors (Lipinski definition) is 0. The highest BCUT2D eigenvalue weighted by atomic mass is 16.5. The molecule has 2 heterocycles. The summed E-state index contributed by atoms with van der Waals surface area (Å²) in [6, 6.07) is 9.94. The molecule has 24 heavy (non-hydrogen) atoms. The van der Waals surface area contributed by atoms with Gasteiger partial charge in [-0.3, -0.25) is 0 Å². The van der Waals surface area contributed by atoms with Crippen LogP contribution in [0.1, 0.15) is 31.1 Å². The van der Waals surface area contributed by atoms with E-state index in [1.54, 1.807) is 30.3 Å². The summed E-state index contributed by atoms with van der Waals surface area (Å²) in [5, 5.41) is 0.829. The summed E-state index contributed by atoms with van der Waals surface area (Å²) in [5.41, 5.74) is 0.871. The molecule has 0 saturated carbocycles. The average molecular weight is 324 g/mol. The predicted octanol–water partition coefficient (Wildman–Crippen LogP) is 4.13. The zero-order valence-electron chi connectivity index (χ0n) is 13.3. The van der Waals surface area contributed by atoms with Crippen molar-refractivity contribution in [3.63, 3.8) is 0 Å². The summed E-state index contributed by atoms with van der Waals surface area (Å²) >= 11 is 0. The lowest BCUT2D eigenvalue weighted by atomic mass is 10.00. The van der Waals surface area contributed by atoms with Crippen molar-refractivity contribution in [2.45, 2.75) is 19.8 Å². The van der Waals surface area contributed by atoms with Crippen molar-refractivity contribution in [3.8, 4) is 5.75 Å². The van der Waals surface area contributed by atoms with E-state index in [-0.39, 0.29) is 5.92 Å². The van der Waals surface area contributed by atoms with Crippen LogP contribution < -0.4 is 10.4 Å². The maximum Gasteiger partial charge on any atom is 0.336 e. The number of rotatable bonds is 4. The molecule has 0 spiro atoms. The molecule has 5 nitrogen and oxygen atoms in total. The molecule has 0 aliphatic rings. The minimum atomic E-state index is -0.548. The van der Waals surface area contributed by atoms with Gasteiger partial charge in [0.05, 0.1) is 6.26 Å². The van der Waals surface area contributed by atoms with Crippen LogP contribution in [0.15, 0.2) is 62.4 Å². The number of carbonyl (C=O) groups excluding carboxylic acids is 1. The summed E-state index contributed by atoms with van der Waals surface area (Å²) in [7, 11) is 0. The van der Waals surface area contributed by atoms with E-state index in [9.17, 15) is 9.59 Å². The maximum atomic E-state index is 11.8. The van der Waals surface area contributed by atoms with Crippen LogP contribution in [0.3, 0.4) is 0 Å². The number of hydrogen-bond acceptors (Lipinski definition) is 5. The molecular weight excluding hydrogens is 308 g/mol. The quantitative estimate of drug-likeness (QED) is 0.312. The lowest BCUT2D eigenvalue weighted by molar-refractivity contribution is -0.128. The first kappa shape index (κ1) is 15.8. The second-order valence-electron chi connectivity index (χ2n) is 5.60. The van der Waals surface area contributed by atoms with Crippen LogP contribution in [0.25, 0.3) is 17.0 Å². The van der Waals surface area contributed by atoms with Crippen LogP contribution in [0, 0.1) is 0 Å². The molecule has 0 bridgehead atoms. The topological polar surface area (TPSA) is 69.7 Å². The first-order chi connectivity index (χ1) is 11.5. The van der Waals surface area contributed by atoms with Crippen LogP contribution in [0.5, 0.6) is 5.75 Å². The Morgan fingerprint density at radius 3 is 2.75 bits per heavy atom. The van der Waals surface area contributed by atoms with Crippen LogP contribution in [-0.2, 0) is 4.79 Å². The van der Waals surface area contributed by atoms with E-state index in [1.807, 2.05) is 13.8 Å². The van der Waals surface area contributed by atoms with Gasteiger partial charge in [0.1, 0.15) is 17.1 Å². The molecule has 3 aromatic rings. The third kappa shape index (κ3) is 3.46. The Bertz CT molecular complexity index is 946. The second kappa shape index (κ2) is 6.58. The van der Waals surface area contributed by atoms with Gasteiger partial charge in [-0.15, -0.1) is 0 Å². The Balaban J connectivity index is 1.85. The minimum Gasteiger partial charge on any atom is -0.465 e. The SMILES string of the molecule is CC(C)c1cc(=O)oc2cc(OC(=O)/C=C/c3ccco3)ccc12. The van der Waals surface area contributed by atoms with Gasteiger partial charge in [0.15, 0.2) is 0 Å². The minimum absolute atomic E-state index is 0.182. The van der Waals surface area contributed by atoms with E-state index in [1.165, 1.54) is 24.5 Å². The molecule has 0 N–H and O–H groups in total. The van der Waals surface area contributed by atoms with E-state index < -0.39 is 11.6 Å². The van der Waals surface area contributed by atoms with Crippen LogP contribution >= 0.6 is 0 Å². The zero-order chi connectivity index (χ0) is 17.1. The normalized spacial score (nSPS) is 11.5. The highest BCUT2D eigenvalue weighted by Gasteiger charge is 2.11. The second-order valence-corrected chi connectivity index (χ2v) is 5.60. The van der Waals surface area contributed by atoms with Gasteiger partial charge in [0.25, 0.3) is 0 Å². The molecule has 122 valence electrons. The maximum absolute atomic E-state index is 11.8. The van der Waals surface area contributed by atoms with Crippen molar-refractivity contribution in [2.24, 2.45) is 0 Å². The summed E-state index contributed by atoms with van der Waals surface area (Å²) in [4.78, 5) is 23.5. The molecule has 1 aromatic carbocycles. The molecule has 0 radical (unpaired) electrons. The third-order valence-electron chi connectivity index (χ3n) is 3.52. The Labute approximate surface area is 138 Å². The van der Waals surface area contributed by atoms with E-state index in [0.717, 1.165) is 10.9 Å².